The number of carbonyl (C=O) groups excluding carboxylic acids is 1. The van der Waals surface area contributed by atoms with Crippen LogP contribution in [0.15, 0.2) is 54.6 Å². The monoisotopic (exact) mass is 286 g/mol. The average molecular weight is 287 g/mol. The second kappa shape index (κ2) is 5.17. The highest BCUT2D eigenvalue weighted by molar-refractivity contribution is 6.30. The summed E-state index contributed by atoms with van der Waals surface area (Å²) in [7, 11) is 0. The molecule has 20 heavy (non-hydrogen) atoms. The van der Waals surface area contributed by atoms with Gasteiger partial charge in [-0.05, 0) is 42.7 Å². The molecule has 0 unspecified atom stereocenters. The van der Waals surface area contributed by atoms with Crippen LogP contribution in [0.4, 0.5) is 10.5 Å². The van der Waals surface area contributed by atoms with Crippen LogP contribution in [0.3, 0.4) is 0 Å². The Hall–Kier alpha value is -2.00. The largest absolute Gasteiger partial charge is 0.328 e. The Morgan fingerprint density at radius 1 is 1.00 bits per heavy atom. The number of anilines is 1. The normalized spacial score (nSPS) is 15.4. The molecule has 3 nitrogen and oxygen atoms in total. The van der Waals surface area contributed by atoms with Crippen molar-refractivity contribution < 1.29 is 4.79 Å². The molecule has 0 aromatic heterocycles. The van der Waals surface area contributed by atoms with Gasteiger partial charge in [0, 0.05) is 10.7 Å². The third-order valence-corrected chi connectivity index (χ3v) is 3.78. The van der Waals surface area contributed by atoms with E-state index in [4.69, 9.17) is 11.6 Å². The summed E-state index contributed by atoms with van der Waals surface area (Å²) in [6.07, 6.45) is 1.95. The van der Waals surface area contributed by atoms with Crippen molar-refractivity contribution in [3.8, 4) is 0 Å². The highest BCUT2D eigenvalue weighted by Crippen LogP contribution is 2.45. The van der Waals surface area contributed by atoms with Gasteiger partial charge in [0.1, 0.15) is 0 Å². The van der Waals surface area contributed by atoms with Crippen LogP contribution >= 0.6 is 11.6 Å². The lowest BCUT2D eigenvalue weighted by atomic mass is 10.1. The lowest BCUT2D eigenvalue weighted by Crippen LogP contribution is -2.37. The van der Waals surface area contributed by atoms with Gasteiger partial charge in [0.05, 0.1) is 5.54 Å². The number of hydrogen-bond donors (Lipinski definition) is 2. The van der Waals surface area contributed by atoms with E-state index in [1.54, 1.807) is 24.3 Å². The summed E-state index contributed by atoms with van der Waals surface area (Å²) in [5.41, 5.74) is 1.69. The van der Waals surface area contributed by atoms with Crippen molar-refractivity contribution in [2.75, 3.05) is 5.32 Å². The molecular formula is C16H15ClN2O. The Morgan fingerprint density at radius 2 is 1.65 bits per heavy atom. The number of urea groups is 1. The first-order chi connectivity index (χ1) is 9.68. The number of nitrogens with one attached hydrogen (secondary N) is 2. The molecule has 2 aromatic carbocycles. The van der Waals surface area contributed by atoms with Crippen LogP contribution in [0.5, 0.6) is 0 Å². The number of carbonyl (C=O) groups is 1. The molecule has 2 aromatic rings. The fourth-order valence-electron chi connectivity index (χ4n) is 2.28. The molecule has 1 aliphatic carbocycles. The van der Waals surface area contributed by atoms with Gasteiger partial charge in [0.15, 0.2) is 0 Å². The molecule has 0 spiro atoms. The SMILES string of the molecule is O=C(Nc1ccc(Cl)cc1)NC1(c2ccccc2)CC1. The van der Waals surface area contributed by atoms with Crippen LogP contribution in [0.2, 0.25) is 5.02 Å². The number of rotatable bonds is 3. The van der Waals surface area contributed by atoms with Crippen molar-refractivity contribution in [3.05, 3.63) is 65.2 Å². The summed E-state index contributed by atoms with van der Waals surface area (Å²) in [6.45, 7) is 0. The van der Waals surface area contributed by atoms with Crippen molar-refractivity contribution in [3.63, 3.8) is 0 Å². The van der Waals surface area contributed by atoms with E-state index in [1.807, 2.05) is 18.2 Å². The highest BCUT2D eigenvalue weighted by atomic mass is 35.5. The average Bonchev–Trinajstić information content (AvgIpc) is 3.23. The number of hydrogen-bond acceptors (Lipinski definition) is 1. The molecule has 1 fully saturated rings. The fraction of sp³-hybridized carbons (Fsp3) is 0.188. The fourth-order valence-corrected chi connectivity index (χ4v) is 2.41. The van der Waals surface area contributed by atoms with E-state index in [1.165, 1.54) is 0 Å². The zero-order chi connectivity index (χ0) is 14.0. The molecule has 2 amide bonds. The molecule has 2 N–H and O–H groups in total. The molecule has 0 atom stereocenters. The van der Waals surface area contributed by atoms with Gasteiger partial charge in [-0.1, -0.05) is 41.9 Å². The van der Waals surface area contributed by atoms with Gasteiger partial charge in [-0.3, -0.25) is 0 Å². The van der Waals surface area contributed by atoms with E-state index in [2.05, 4.69) is 22.8 Å². The Balaban J connectivity index is 1.66. The zero-order valence-electron chi connectivity index (χ0n) is 10.9. The van der Waals surface area contributed by atoms with Crippen molar-refractivity contribution in [1.29, 1.82) is 0 Å². The minimum Gasteiger partial charge on any atom is -0.328 e. The van der Waals surface area contributed by atoms with Crippen molar-refractivity contribution >= 4 is 23.3 Å². The summed E-state index contributed by atoms with van der Waals surface area (Å²) in [6, 6.07) is 16.9. The second-order valence-electron chi connectivity index (χ2n) is 5.03. The molecule has 0 saturated heterocycles. The van der Waals surface area contributed by atoms with Crippen molar-refractivity contribution in [2.24, 2.45) is 0 Å². The second-order valence-corrected chi connectivity index (χ2v) is 5.47. The first-order valence-electron chi connectivity index (χ1n) is 6.58. The van der Waals surface area contributed by atoms with E-state index in [0.717, 1.165) is 24.1 Å². The molecule has 0 radical (unpaired) electrons. The molecule has 3 rings (SSSR count). The maximum Gasteiger partial charge on any atom is 0.319 e. The molecule has 4 heteroatoms. The predicted octanol–water partition coefficient (Wildman–Crippen LogP) is 4.15. The molecule has 1 saturated carbocycles. The van der Waals surface area contributed by atoms with Gasteiger partial charge in [-0.25, -0.2) is 4.79 Å². The van der Waals surface area contributed by atoms with Crippen molar-refractivity contribution in [1.82, 2.24) is 5.32 Å². The number of benzene rings is 2. The zero-order valence-corrected chi connectivity index (χ0v) is 11.7. The van der Waals surface area contributed by atoms with Crippen LogP contribution in [-0.4, -0.2) is 6.03 Å². The van der Waals surface area contributed by atoms with Crippen LogP contribution in [0.25, 0.3) is 0 Å². The maximum absolute atomic E-state index is 12.1. The van der Waals surface area contributed by atoms with Crippen molar-refractivity contribution in [2.45, 2.75) is 18.4 Å². The summed E-state index contributed by atoms with van der Waals surface area (Å²) in [5, 5.41) is 6.54. The van der Waals surface area contributed by atoms with E-state index < -0.39 is 0 Å². The van der Waals surface area contributed by atoms with E-state index in [0.29, 0.717) is 5.02 Å². The topological polar surface area (TPSA) is 41.1 Å². The van der Waals surface area contributed by atoms with E-state index >= 15 is 0 Å². The highest BCUT2D eigenvalue weighted by Gasteiger charge is 2.45. The van der Waals surface area contributed by atoms with Gasteiger partial charge >= 0.3 is 6.03 Å². The van der Waals surface area contributed by atoms with Crippen LogP contribution in [0, 0.1) is 0 Å². The quantitative estimate of drug-likeness (QED) is 0.874. The predicted molar refractivity (Wildman–Crippen MR) is 81.0 cm³/mol. The van der Waals surface area contributed by atoms with Gasteiger partial charge in [-0.15, -0.1) is 0 Å². The number of amides is 2. The minimum atomic E-state index is -0.197. The van der Waals surface area contributed by atoms with E-state index in [-0.39, 0.29) is 11.6 Å². The van der Waals surface area contributed by atoms with Gasteiger partial charge in [-0.2, -0.15) is 0 Å². The standard InChI is InChI=1S/C16H15ClN2O/c17-13-6-8-14(9-7-13)18-15(20)19-16(10-11-16)12-4-2-1-3-5-12/h1-9H,10-11H2,(H2,18,19,20). The van der Waals surface area contributed by atoms with Gasteiger partial charge in [0.25, 0.3) is 0 Å². The number of halogens is 1. The molecule has 1 aliphatic rings. The maximum atomic E-state index is 12.1. The summed E-state index contributed by atoms with van der Waals surface area (Å²) in [5.74, 6) is 0. The van der Waals surface area contributed by atoms with E-state index in [9.17, 15) is 4.79 Å². The Bertz CT molecular complexity index is 606. The molecule has 0 heterocycles. The Kier molecular flexibility index (Phi) is 3.36. The molecule has 0 bridgehead atoms. The van der Waals surface area contributed by atoms with Gasteiger partial charge in [0.2, 0.25) is 0 Å². The summed E-state index contributed by atoms with van der Waals surface area (Å²) < 4.78 is 0. The first-order valence-corrected chi connectivity index (χ1v) is 6.96. The first kappa shape index (κ1) is 13.0. The third kappa shape index (κ3) is 2.78. The summed E-state index contributed by atoms with van der Waals surface area (Å²) >= 11 is 5.82. The van der Waals surface area contributed by atoms with Crippen LogP contribution < -0.4 is 10.6 Å². The molecule has 0 aliphatic heterocycles. The smallest absolute Gasteiger partial charge is 0.319 e. The molecule has 102 valence electrons. The molecular weight excluding hydrogens is 272 g/mol. The Labute approximate surface area is 123 Å². The van der Waals surface area contributed by atoms with Crippen LogP contribution in [-0.2, 0) is 5.54 Å². The minimum absolute atomic E-state index is 0.186. The van der Waals surface area contributed by atoms with Crippen LogP contribution in [0.1, 0.15) is 18.4 Å². The third-order valence-electron chi connectivity index (χ3n) is 3.53. The lowest BCUT2D eigenvalue weighted by molar-refractivity contribution is 0.247. The Morgan fingerprint density at radius 3 is 2.25 bits per heavy atom. The van der Waals surface area contributed by atoms with Gasteiger partial charge < -0.3 is 10.6 Å². The summed E-state index contributed by atoms with van der Waals surface area (Å²) in [4.78, 5) is 12.1. The lowest BCUT2D eigenvalue weighted by Gasteiger charge is -2.18.